The molecule has 0 saturated heterocycles. The molecule has 0 radical (unpaired) electrons. The number of allylic oxidation sites excluding steroid dienone is 2. The number of carbonyl (C=O) groups is 4. The second-order valence-electron chi connectivity index (χ2n) is 13.2. The monoisotopic (exact) mass is 614 g/mol. The van der Waals surface area contributed by atoms with E-state index < -0.39 is 47.9 Å². The average Bonchev–Trinajstić information content (AvgIpc) is 2.99. The molecule has 2 aliphatic rings. The number of hydrogen-bond acceptors (Lipinski definition) is 5. The van der Waals surface area contributed by atoms with Crippen LogP contribution in [0.4, 0.5) is 0 Å². The quantitative estimate of drug-likeness (QED) is 0.248. The average molecular weight is 615 g/mol. The lowest BCUT2D eigenvalue weighted by atomic mass is 9.75. The molecule has 5 atom stereocenters. The molecule has 0 heterocycles. The van der Waals surface area contributed by atoms with Crippen molar-refractivity contribution >= 4 is 23.6 Å². The van der Waals surface area contributed by atoms with Gasteiger partial charge in [0.15, 0.2) is 0 Å². The maximum absolute atomic E-state index is 13.7. The Kier molecular flexibility index (Phi) is 11.3. The maximum Gasteiger partial charge on any atom is 0.251 e. The van der Waals surface area contributed by atoms with Crippen LogP contribution in [0.5, 0.6) is 0 Å². The van der Waals surface area contributed by atoms with Gasteiger partial charge in [-0.3, -0.25) is 19.2 Å². The number of aliphatic hydroxyl groups excluding tert-OH is 1. The van der Waals surface area contributed by atoms with Gasteiger partial charge < -0.3 is 26.8 Å². The molecule has 9 heteroatoms. The Balaban J connectivity index is 1.53. The van der Waals surface area contributed by atoms with Gasteiger partial charge >= 0.3 is 0 Å². The lowest BCUT2D eigenvalue weighted by Gasteiger charge is -2.30. The molecule has 1 saturated carbocycles. The van der Waals surface area contributed by atoms with Gasteiger partial charge in [0.2, 0.25) is 11.8 Å². The van der Waals surface area contributed by atoms with Crippen LogP contribution in [0.2, 0.25) is 0 Å². The molecule has 2 unspecified atom stereocenters. The molecule has 2 aromatic carbocycles. The number of primary amides is 1. The van der Waals surface area contributed by atoms with Crippen LogP contribution in [0.15, 0.2) is 78.4 Å². The first-order valence-corrected chi connectivity index (χ1v) is 15.8. The van der Waals surface area contributed by atoms with Crippen LogP contribution >= 0.6 is 0 Å². The summed E-state index contributed by atoms with van der Waals surface area (Å²) in [7, 11) is 0. The number of rotatable bonds is 12. The molecule has 0 spiro atoms. The van der Waals surface area contributed by atoms with Gasteiger partial charge in [0.05, 0.1) is 18.6 Å². The van der Waals surface area contributed by atoms with Crippen molar-refractivity contribution in [3.63, 3.8) is 0 Å². The molecular formula is C36H46N4O5. The SMILES string of the molecule is CC(C)(C)NC(=O)c1ccccc1C[C@@H](O)[C@H](Cc1ccccc1)NC(=O)[C@H](CC(N)=O)NC(=O)C1=CC2CCCCC2C=C1. The second kappa shape index (κ2) is 15.2. The molecule has 2 aliphatic carbocycles. The summed E-state index contributed by atoms with van der Waals surface area (Å²) in [6.07, 6.45) is 9.07. The third kappa shape index (κ3) is 9.88. The van der Waals surface area contributed by atoms with Crippen LogP contribution in [-0.2, 0) is 27.2 Å². The highest BCUT2D eigenvalue weighted by molar-refractivity contribution is 6.00. The molecule has 6 N–H and O–H groups in total. The van der Waals surface area contributed by atoms with Crippen molar-refractivity contribution in [3.05, 3.63) is 95.1 Å². The molecule has 240 valence electrons. The molecule has 9 nitrogen and oxygen atoms in total. The summed E-state index contributed by atoms with van der Waals surface area (Å²) < 4.78 is 0. The standard InChI is InChI=1S/C36H46N4O5/c1-36(2,3)40-34(44)28-16-10-9-15-26(28)21-31(41)29(19-23-11-5-4-6-12-23)38-35(45)30(22-32(37)42)39-33(43)27-18-17-24-13-7-8-14-25(24)20-27/h4-6,9-12,15-18,20,24-25,29-31,41H,7-8,13-14,19,21-22H2,1-3H3,(H2,37,42)(H,38,45)(H,39,43)(H,40,44)/t24?,25?,29-,30-,31+/m0/s1. The first kappa shape index (κ1) is 33.6. The lowest BCUT2D eigenvalue weighted by molar-refractivity contribution is -0.131. The van der Waals surface area contributed by atoms with E-state index in [1.807, 2.05) is 57.2 Å². The zero-order chi connectivity index (χ0) is 32.6. The van der Waals surface area contributed by atoms with Crippen LogP contribution in [0.25, 0.3) is 0 Å². The van der Waals surface area contributed by atoms with E-state index in [2.05, 4.69) is 22.0 Å². The summed E-state index contributed by atoms with van der Waals surface area (Å²) in [5.41, 5.74) is 7.43. The van der Waals surface area contributed by atoms with Crippen molar-refractivity contribution in [2.45, 2.75) is 89.4 Å². The van der Waals surface area contributed by atoms with E-state index >= 15 is 0 Å². The molecule has 1 fully saturated rings. The number of benzene rings is 2. The van der Waals surface area contributed by atoms with Gasteiger partial charge in [0, 0.05) is 23.1 Å². The van der Waals surface area contributed by atoms with Crippen LogP contribution < -0.4 is 21.7 Å². The zero-order valence-electron chi connectivity index (χ0n) is 26.4. The molecule has 0 aromatic heterocycles. The predicted molar refractivity (Wildman–Crippen MR) is 174 cm³/mol. The summed E-state index contributed by atoms with van der Waals surface area (Å²) >= 11 is 0. The third-order valence-electron chi connectivity index (χ3n) is 8.35. The van der Waals surface area contributed by atoms with Gasteiger partial charge in [0.1, 0.15) is 6.04 Å². The predicted octanol–water partition coefficient (Wildman–Crippen LogP) is 3.51. The number of amides is 4. The number of carbonyl (C=O) groups excluding carboxylic acids is 4. The molecular weight excluding hydrogens is 568 g/mol. The Morgan fingerprint density at radius 3 is 2.24 bits per heavy atom. The van der Waals surface area contributed by atoms with Crippen molar-refractivity contribution in [2.24, 2.45) is 17.6 Å². The van der Waals surface area contributed by atoms with Gasteiger partial charge in [-0.1, -0.05) is 79.6 Å². The summed E-state index contributed by atoms with van der Waals surface area (Å²) in [5, 5.41) is 20.1. The minimum Gasteiger partial charge on any atom is -0.391 e. The molecule has 0 bridgehead atoms. The van der Waals surface area contributed by atoms with Crippen molar-refractivity contribution in [1.29, 1.82) is 0 Å². The Morgan fingerprint density at radius 1 is 0.889 bits per heavy atom. The molecule has 4 rings (SSSR count). The van der Waals surface area contributed by atoms with E-state index in [1.165, 1.54) is 6.42 Å². The van der Waals surface area contributed by atoms with Crippen molar-refractivity contribution in [1.82, 2.24) is 16.0 Å². The fourth-order valence-electron chi connectivity index (χ4n) is 6.08. The van der Waals surface area contributed by atoms with Gasteiger partial charge in [-0.25, -0.2) is 0 Å². The van der Waals surface area contributed by atoms with Gasteiger partial charge in [-0.15, -0.1) is 0 Å². The minimum absolute atomic E-state index is 0.0819. The highest BCUT2D eigenvalue weighted by atomic mass is 16.3. The van der Waals surface area contributed by atoms with Crippen molar-refractivity contribution in [3.8, 4) is 0 Å². The number of fused-ring (bicyclic) bond motifs is 1. The van der Waals surface area contributed by atoms with Crippen LogP contribution in [0.1, 0.15) is 74.4 Å². The highest BCUT2D eigenvalue weighted by Gasteiger charge is 2.31. The molecule has 45 heavy (non-hydrogen) atoms. The third-order valence-corrected chi connectivity index (χ3v) is 8.35. The lowest BCUT2D eigenvalue weighted by Crippen LogP contribution is -2.54. The first-order chi connectivity index (χ1) is 21.4. The Labute approximate surface area is 265 Å². The minimum atomic E-state index is -1.23. The topological polar surface area (TPSA) is 151 Å². The fourth-order valence-corrected chi connectivity index (χ4v) is 6.08. The van der Waals surface area contributed by atoms with Crippen molar-refractivity contribution < 1.29 is 24.3 Å². The number of hydrogen-bond donors (Lipinski definition) is 5. The Morgan fingerprint density at radius 2 is 1.56 bits per heavy atom. The van der Waals surface area contributed by atoms with Crippen LogP contribution in [0, 0.1) is 11.8 Å². The normalized spacial score (nSPS) is 19.7. The van der Waals surface area contributed by atoms with E-state index in [4.69, 9.17) is 5.73 Å². The second-order valence-corrected chi connectivity index (χ2v) is 13.2. The van der Waals surface area contributed by atoms with Gasteiger partial charge in [-0.05, 0) is 69.1 Å². The summed E-state index contributed by atoms with van der Waals surface area (Å²) in [5.74, 6) is -1.37. The Bertz CT molecular complexity index is 1430. The number of nitrogens with two attached hydrogens (primary N) is 1. The van der Waals surface area contributed by atoms with E-state index in [1.54, 1.807) is 30.3 Å². The van der Waals surface area contributed by atoms with E-state index in [9.17, 15) is 24.3 Å². The van der Waals surface area contributed by atoms with E-state index in [0.29, 0.717) is 22.6 Å². The molecule has 0 aliphatic heterocycles. The highest BCUT2D eigenvalue weighted by Crippen LogP contribution is 2.35. The Hall–Kier alpha value is -4.24. The number of nitrogens with one attached hydrogen (secondary N) is 3. The van der Waals surface area contributed by atoms with Crippen LogP contribution in [-0.4, -0.2) is 52.5 Å². The van der Waals surface area contributed by atoms with Crippen LogP contribution in [0.3, 0.4) is 0 Å². The van der Waals surface area contributed by atoms with E-state index in [0.717, 1.165) is 24.8 Å². The first-order valence-electron chi connectivity index (χ1n) is 15.8. The number of aliphatic hydroxyl groups is 1. The van der Waals surface area contributed by atoms with E-state index in [-0.39, 0.29) is 24.7 Å². The summed E-state index contributed by atoms with van der Waals surface area (Å²) in [6.45, 7) is 5.68. The van der Waals surface area contributed by atoms with Gasteiger partial charge in [-0.2, -0.15) is 0 Å². The van der Waals surface area contributed by atoms with Crippen molar-refractivity contribution in [2.75, 3.05) is 0 Å². The summed E-state index contributed by atoms with van der Waals surface area (Å²) in [6, 6.07) is 14.4. The fraction of sp³-hybridized carbons (Fsp3) is 0.444. The largest absolute Gasteiger partial charge is 0.391 e. The summed E-state index contributed by atoms with van der Waals surface area (Å²) in [4.78, 5) is 52.0. The molecule has 4 amide bonds. The zero-order valence-corrected chi connectivity index (χ0v) is 26.4. The smallest absolute Gasteiger partial charge is 0.251 e. The molecule has 2 aromatic rings. The van der Waals surface area contributed by atoms with Gasteiger partial charge in [0.25, 0.3) is 11.8 Å². The maximum atomic E-state index is 13.7.